The molecule has 76 valence electrons. The summed E-state index contributed by atoms with van der Waals surface area (Å²) in [7, 11) is 0. The van der Waals surface area contributed by atoms with Gasteiger partial charge in [0.05, 0.1) is 11.9 Å². The number of rotatable bonds is 6. The molecule has 1 aromatic heterocycles. The third-order valence-electron chi connectivity index (χ3n) is 1.96. The van der Waals surface area contributed by atoms with E-state index in [4.69, 9.17) is 5.53 Å². The molecule has 6 nitrogen and oxygen atoms in total. The molecule has 0 saturated carbocycles. The Morgan fingerprint density at radius 3 is 3.21 bits per heavy atom. The predicted octanol–water partition coefficient (Wildman–Crippen LogP) is 1.93. The second-order valence-corrected chi connectivity index (χ2v) is 3.01. The van der Waals surface area contributed by atoms with E-state index in [2.05, 4.69) is 27.3 Å². The first-order valence-corrected chi connectivity index (χ1v) is 4.76. The summed E-state index contributed by atoms with van der Waals surface area (Å²) in [5.41, 5.74) is 9.23. The Morgan fingerprint density at radius 2 is 2.50 bits per heavy atom. The van der Waals surface area contributed by atoms with Crippen LogP contribution in [-0.4, -0.2) is 21.5 Å². The number of hydrogen-bond donors (Lipinski definition) is 0. The quantitative estimate of drug-likeness (QED) is 0.394. The van der Waals surface area contributed by atoms with E-state index in [0.717, 1.165) is 25.0 Å². The van der Waals surface area contributed by atoms with Gasteiger partial charge in [0.25, 0.3) is 0 Å². The third kappa shape index (κ3) is 3.06. The molecule has 0 fully saturated rings. The van der Waals surface area contributed by atoms with E-state index in [0.29, 0.717) is 13.1 Å². The highest BCUT2D eigenvalue weighted by molar-refractivity contribution is 4.93. The summed E-state index contributed by atoms with van der Waals surface area (Å²) in [5.74, 6) is 0. The zero-order valence-corrected chi connectivity index (χ0v) is 8.30. The molecule has 0 atom stereocenters. The van der Waals surface area contributed by atoms with Gasteiger partial charge < -0.3 is 0 Å². The Bertz CT molecular complexity index is 311. The average molecular weight is 194 g/mol. The van der Waals surface area contributed by atoms with Crippen molar-refractivity contribution in [2.24, 2.45) is 5.11 Å². The van der Waals surface area contributed by atoms with Gasteiger partial charge in [-0.1, -0.05) is 23.7 Å². The largest absolute Gasteiger partial charge is 0.249 e. The van der Waals surface area contributed by atoms with Gasteiger partial charge >= 0.3 is 0 Å². The van der Waals surface area contributed by atoms with Crippen LogP contribution in [0.3, 0.4) is 0 Å². The maximum atomic E-state index is 8.12. The molecular weight excluding hydrogens is 180 g/mol. The first-order valence-electron chi connectivity index (χ1n) is 4.76. The summed E-state index contributed by atoms with van der Waals surface area (Å²) in [6.07, 6.45) is 5.04. The Morgan fingerprint density at radius 1 is 1.64 bits per heavy atom. The predicted molar refractivity (Wildman–Crippen MR) is 52.6 cm³/mol. The first kappa shape index (κ1) is 10.5. The molecule has 6 heteroatoms. The van der Waals surface area contributed by atoms with E-state index in [1.54, 1.807) is 10.9 Å². The molecule has 1 rings (SSSR count). The molecule has 0 aromatic carbocycles. The summed E-state index contributed by atoms with van der Waals surface area (Å²) in [6, 6.07) is 0. The minimum absolute atomic E-state index is 0.430. The van der Waals surface area contributed by atoms with E-state index in [-0.39, 0.29) is 0 Å². The fraction of sp³-hybridized carbons (Fsp3) is 0.750. The molecule has 0 aliphatic carbocycles. The van der Waals surface area contributed by atoms with Crippen molar-refractivity contribution in [3.05, 3.63) is 22.3 Å². The fourth-order valence-electron chi connectivity index (χ4n) is 1.20. The van der Waals surface area contributed by atoms with Crippen LogP contribution < -0.4 is 0 Å². The number of hydrogen-bond acceptors (Lipinski definition) is 3. The third-order valence-corrected chi connectivity index (χ3v) is 1.96. The van der Waals surface area contributed by atoms with Crippen molar-refractivity contribution in [3.8, 4) is 0 Å². The molecule has 0 bridgehead atoms. The summed E-state index contributed by atoms with van der Waals surface area (Å²) in [6.45, 7) is 3.19. The van der Waals surface area contributed by atoms with E-state index < -0.39 is 0 Å². The topological polar surface area (TPSA) is 79.5 Å². The number of aryl methyl sites for hydroxylation is 1. The molecule has 0 amide bonds. The van der Waals surface area contributed by atoms with Crippen LogP contribution in [0.4, 0.5) is 0 Å². The van der Waals surface area contributed by atoms with Crippen LogP contribution in [0, 0.1) is 0 Å². The van der Waals surface area contributed by atoms with Gasteiger partial charge in [0.15, 0.2) is 0 Å². The summed E-state index contributed by atoms with van der Waals surface area (Å²) in [5, 5.41) is 11.2. The van der Waals surface area contributed by atoms with E-state index in [1.807, 2.05) is 0 Å². The highest BCUT2D eigenvalue weighted by atomic mass is 15.4. The molecule has 0 aliphatic rings. The Balaban J connectivity index is 2.48. The van der Waals surface area contributed by atoms with E-state index in [1.165, 1.54) is 0 Å². The lowest BCUT2D eigenvalue weighted by atomic mass is 10.2. The molecule has 0 spiro atoms. The van der Waals surface area contributed by atoms with Crippen molar-refractivity contribution < 1.29 is 0 Å². The maximum absolute atomic E-state index is 8.12. The minimum atomic E-state index is 0.430. The van der Waals surface area contributed by atoms with E-state index in [9.17, 15) is 0 Å². The van der Waals surface area contributed by atoms with Crippen molar-refractivity contribution in [1.29, 1.82) is 0 Å². The van der Waals surface area contributed by atoms with Crippen molar-refractivity contribution >= 4 is 0 Å². The van der Waals surface area contributed by atoms with Gasteiger partial charge in [0.1, 0.15) is 0 Å². The van der Waals surface area contributed by atoms with Gasteiger partial charge in [-0.2, -0.15) is 0 Å². The standard InChI is InChI=1S/C8H14N6/c1-2-3-4-8-7-11-13-14(8)6-5-10-12-9/h7H,2-6H2,1H3. The lowest BCUT2D eigenvalue weighted by Crippen LogP contribution is -2.07. The number of aromatic nitrogens is 3. The van der Waals surface area contributed by atoms with Gasteiger partial charge in [-0.15, -0.1) is 5.10 Å². The smallest absolute Gasteiger partial charge is 0.0725 e. The number of unbranched alkanes of at least 4 members (excludes halogenated alkanes) is 1. The van der Waals surface area contributed by atoms with Gasteiger partial charge in [0, 0.05) is 18.0 Å². The van der Waals surface area contributed by atoms with Crippen LogP contribution in [-0.2, 0) is 13.0 Å². The van der Waals surface area contributed by atoms with E-state index >= 15 is 0 Å². The fourth-order valence-corrected chi connectivity index (χ4v) is 1.20. The number of nitrogens with zero attached hydrogens (tertiary/aromatic N) is 6. The van der Waals surface area contributed by atoms with Crippen LogP contribution in [0.25, 0.3) is 10.4 Å². The SMILES string of the molecule is CCCCc1cnnn1CCN=[N+]=[N-]. The summed E-state index contributed by atoms with van der Waals surface area (Å²) >= 11 is 0. The highest BCUT2D eigenvalue weighted by Crippen LogP contribution is 2.02. The van der Waals surface area contributed by atoms with Crippen LogP contribution >= 0.6 is 0 Å². The zero-order valence-electron chi connectivity index (χ0n) is 8.30. The number of azide groups is 1. The molecule has 0 saturated heterocycles. The first-order chi connectivity index (χ1) is 6.88. The Hall–Kier alpha value is -1.55. The lowest BCUT2D eigenvalue weighted by molar-refractivity contribution is 0.564. The molecule has 1 heterocycles. The highest BCUT2D eigenvalue weighted by Gasteiger charge is 2.01. The normalized spacial score (nSPS) is 9.79. The van der Waals surface area contributed by atoms with Crippen LogP contribution in [0.15, 0.2) is 11.3 Å². The van der Waals surface area contributed by atoms with Gasteiger partial charge in [-0.25, -0.2) is 4.68 Å². The second-order valence-electron chi connectivity index (χ2n) is 3.01. The molecule has 0 unspecified atom stereocenters. The lowest BCUT2D eigenvalue weighted by Gasteiger charge is -2.02. The monoisotopic (exact) mass is 194 g/mol. The molecule has 14 heavy (non-hydrogen) atoms. The van der Waals surface area contributed by atoms with Crippen LogP contribution in [0.2, 0.25) is 0 Å². The molecule has 0 aliphatic heterocycles. The average Bonchev–Trinajstić information content (AvgIpc) is 2.63. The van der Waals surface area contributed by atoms with Gasteiger partial charge in [-0.05, 0) is 18.4 Å². The van der Waals surface area contributed by atoms with Crippen molar-refractivity contribution in [3.63, 3.8) is 0 Å². The molecule has 0 N–H and O–H groups in total. The van der Waals surface area contributed by atoms with Crippen molar-refractivity contribution in [2.45, 2.75) is 32.7 Å². The summed E-state index contributed by atoms with van der Waals surface area (Å²) < 4.78 is 1.80. The minimum Gasteiger partial charge on any atom is -0.249 e. The van der Waals surface area contributed by atoms with Crippen molar-refractivity contribution in [1.82, 2.24) is 15.0 Å². The summed E-state index contributed by atoms with van der Waals surface area (Å²) in [4.78, 5) is 2.69. The Kier molecular flexibility index (Phi) is 4.50. The molecular formula is C8H14N6. The van der Waals surface area contributed by atoms with Crippen molar-refractivity contribution in [2.75, 3.05) is 6.54 Å². The second kappa shape index (κ2) is 5.99. The van der Waals surface area contributed by atoms with Gasteiger partial charge in [0.2, 0.25) is 0 Å². The Labute approximate surface area is 82.6 Å². The van der Waals surface area contributed by atoms with Crippen LogP contribution in [0.1, 0.15) is 25.5 Å². The zero-order chi connectivity index (χ0) is 10.2. The van der Waals surface area contributed by atoms with Gasteiger partial charge in [-0.3, -0.25) is 0 Å². The maximum Gasteiger partial charge on any atom is 0.0725 e. The van der Waals surface area contributed by atoms with Crippen LogP contribution in [0.5, 0.6) is 0 Å². The molecule has 0 radical (unpaired) electrons. The molecule has 1 aromatic rings.